The van der Waals surface area contributed by atoms with Crippen LogP contribution in [0.4, 0.5) is 0 Å². The lowest BCUT2D eigenvalue weighted by Crippen LogP contribution is -2.64. The van der Waals surface area contributed by atoms with Crippen molar-refractivity contribution in [2.24, 2.45) is 28.1 Å². The highest BCUT2D eigenvalue weighted by atomic mass is 16.8. The molecular weight excluding hydrogens is 728 g/mol. The highest BCUT2D eigenvalue weighted by Gasteiger charge is 2.69. The van der Waals surface area contributed by atoms with Crippen molar-refractivity contribution in [3.8, 4) is 0 Å². The molecule has 7 fully saturated rings. The van der Waals surface area contributed by atoms with E-state index in [1.807, 2.05) is 6.92 Å². The Kier molecular flexibility index (Phi) is 11.6. The van der Waals surface area contributed by atoms with Crippen LogP contribution in [0.2, 0.25) is 0 Å². The lowest BCUT2D eigenvalue weighted by Gasteiger charge is -2.64. The van der Waals surface area contributed by atoms with Crippen molar-refractivity contribution >= 4 is 5.97 Å². The quantitative estimate of drug-likeness (QED) is 0.0906. The van der Waals surface area contributed by atoms with E-state index in [4.69, 9.17) is 28.4 Å². The number of rotatable bonds is 10. The van der Waals surface area contributed by atoms with E-state index in [0.717, 1.165) is 37.7 Å². The van der Waals surface area contributed by atoms with Gasteiger partial charge in [-0.05, 0) is 86.5 Å². The molecule has 3 aliphatic heterocycles. The zero-order valence-electron chi connectivity index (χ0n) is 31.5. The van der Waals surface area contributed by atoms with Crippen molar-refractivity contribution in [2.45, 2.75) is 170 Å². The van der Waals surface area contributed by atoms with Crippen LogP contribution in [0, 0.1) is 28.1 Å². The lowest BCUT2D eigenvalue weighted by atomic mass is 9.41. The molecule has 0 aromatic rings. The summed E-state index contributed by atoms with van der Waals surface area (Å²) in [5, 5.41) is 104. The third-order valence-corrected chi connectivity index (χ3v) is 14.9. The van der Waals surface area contributed by atoms with Gasteiger partial charge in [0.15, 0.2) is 18.9 Å². The molecule has 3 saturated heterocycles. The maximum atomic E-state index is 12.7. The average Bonchev–Trinajstić information content (AvgIpc) is 3.35. The molecule has 4 saturated carbocycles. The number of carbonyl (C=O) groups is 1. The number of hydrogen-bond acceptors (Lipinski definition) is 16. The van der Waals surface area contributed by atoms with Crippen LogP contribution >= 0.6 is 0 Å². The summed E-state index contributed by atoms with van der Waals surface area (Å²) < 4.78 is 37.2. The second-order valence-electron chi connectivity index (χ2n) is 17.9. The van der Waals surface area contributed by atoms with Gasteiger partial charge in [0.25, 0.3) is 0 Å². The lowest BCUT2D eigenvalue weighted by molar-refractivity contribution is -0.386. The van der Waals surface area contributed by atoms with Crippen LogP contribution < -0.4 is 0 Å². The number of aliphatic carboxylic acids is 1. The third kappa shape index (κ3) is 6.82. The minimum absolute atomic E-state index is 0.0211. The van der Waals surface area contributed by atoms with Gasteiger partial charge in [-0.1, -0.05) is 19.9 Å². The number of carboxylic acid groups (broad SMARTS) is 1. The Hall–Kier alpha value is -1.39. The average molecular weight is 789 g/mol. The van der Waals surface area contributed by atoms with Crippen molar-refractivity contribution in [1.82, 2.24) is 0 Å². The topological polar surface area (TPSA) is 275 Å². The minimum atomic E-state index is -1.82. The molecule has 55 heavy (non-hydrogen) atoms. The standard InChI is InChI=1S/C38H60O17/c1-17-12-37-9-5-22-35(2,7-4-8-36(22,3)34(48)49)23(37)6-10-38(17,16-37)55-33-30(54-32-29(47)27(45)25(43)21(15-41)53-32)19(11-18(13-39)50-33)51-31-28(46)26(44)24(42)20(14-40)52-31/h18-33,39-47H,1,4-16H2,2-3H3,(H,48,49)/t18-,19-,20+,21+,22-,23-,24+,25+,26-,27-,28+,29+,30+,31+,32-,33-,35+,36+,37+,38-/m0/s1. The number of carboxylic acids is 1. The van der Waals surface area contributed by atoms with E-state index < -0.39 is 123 Å². The molecule has 10 N–H and O–H groups in total. The molecule has 2 bridgehead atoms. The fraction of sp³-hybridized carbons (Fsp3) is 0.921. The first-order chi connectivity index (χ1) is 26.0. The zero-order chi connectivity index (χ0) is 39.8. The molecule has 4 aliphatic carbocycles. The van der Waals surface area contributed by atoms with E-state index in [1.54, 1.807) is 0 Å². The van der Waals surface area contributed by atoms with Crippen molar-refractivity contribution in [3.05, 3.63) is 12.2 Å². The van der Waals surface area contributed by atoms with Gasteiger partial charge in [0.2, 0.25) is 0 Å². The van der Waals surface area contributed by atoms with Gasteiger partial charge in [-0.3, -0.25) is 4.79 Å². The Balaban J connectivity index is 1.19. The summed E-state index contributed by atoms with van der Waals surface area (Å²) in [6.07, 6.45) is -14.9. The first-order valence-corrected chi connectivity index (χ1v) is 19.8. The molecular formula is C38H60O17. The number of ether oxygens (including phenoxy) is 6. The Morgan fingerprint density at radius 2 is 1.35 bits per heavy atom. The summed E-state index contributed by atoms with van der Waals surface area (Å²) in [6.45, 7) is 6.75. The van der Waals surface area contributed by atoms with Gasteiger partial charge in [0, 0.05) is 6.42 Å². The molecule has 0 aromatic carbocycles. The van der Waals surface area contributed by atoms with Gasteiger partial charge in [0.05, 0.1) is 43.0 Å². The minimum Gasteiger partial charge on any atom is -0.481 e. The fourth-order valence-corrected chi connectivity index (χ4v) is 12.1. The first kappa shape index (κ1) is 41.8. The summed E-state index contributed by atoms with van der Waals surface area (Å²) in [7, 11) is 0. The van der Waals surface area contributed by atoms with Gasteiger partial charge < -0.3 is 79.5 Å². The summed E-state index contributed by atoms with van der Waals surface area (Å²) in [5.41, 5.74) is -1.35. The van der Waals surface area contributed by atoms with Crippen molar-refractivity contribution < 1.29 is 84.3 Å². The summed E-state index contributed by atoms with van der Waals surface area (Å²) >= 11 is 0. The number of fused-ring (bicyclic) bond motifs is 3. The van der Waals surface area contributed by atoms with E-state index in [0.29, 0.717) is 25.7 Å². The maximum absolute atomic E-state index is 12.7. The Bertz CT molecular complexity index is 1410. The van der Waals surface area contributed by atoms with E-state index in [2.05, 4.69) is 13.5 Å². The second-order valence-corrected chi connectivity index (χ2v) is 17.9. The van der Waals surface area contributed by atoms with E-state index in [9.17, 15) is 55.9 Å². The second kappa shape index (κ2) is 15.3. The monoisotopic (exact) mass is 788 g/mol. The van der Waals surface area contributed by atoms with Crippen LogP contribution in [0.5, 0.6) is 0 Å². The molecule has 0 radical (unpaired) electrons. The molecule has 7 aliphatic rings. The van der Waals surface area contributed by atoms with Crippen LogP contribution in [-0.2, 0) is 33.2 Å². The molecule has 17 heteroatoms. The predicted molar refractivity (Wildman–Crippen MR) is 185 cm³/mol. The first-order valence-electron chi connectivity index (χ1n) is 19.8. The van der Waals surface area contributed by atoms with Crippen LogP contribution in [0.1, 0.15) is 78.1 Å². The zero-order valence-corrected chi connectivity index (χ0v) is 31.5. The molecule has 17 nitrogen and oxygen atoms in total. The summed E-state index contributed by atoms with van der Waals surface area (Å²) in [4.78, 5) is 12.7. The van der Waals surface area contributed by atoms with Crippen molar-refractivity contribution in [2.75, 3.05) is 19.8 Å². The number of aliphatic hydroxyl groups excluding tert-OH is 9. The summed E-state index contributed by atoms with van der Waals surface area (Å²) in [5.74, 6) is -0.509. The molecule has 0 aromatic heterocycles. The molecule has 3 heterocycles. The van der Waals surface area contributed by atoms with E-state index >= 15 is 0 Å². The van der Waals surface area contributed by atoms with Gasteiger partial charge >= 0.3 is 5.97 Å². The maximum Gasteiger partial charge on any atom is 0.309 e. The highest BCUT2D eigenvalue weighted by Crippen LogP contribution is 2.73. The van der Waals surface area contributed by atoms with E-state index in [1.165, 1.54) is 0 Å². The van der Waals surface area contributed by atoms with Crippen LogP contribution in [0.15, 0.2) is 12.2 Å². The Morgan fingerprint density at radius 3 is 1.93 bits per heavy atom. The summed E-state index contributed by atoms with van der Waals surface area (Å²) in [6, 6.07) is 0. The van der Waals surface area contributed by atoms with Crippen LogP contribution in [0.25, 0.3) is 0 Å². The normalized spacial score (nSPS) is 54.1. The van der Waals surface area contributed by atoms with Crippen LogP contribution in [0.3, 0.4) is 0 Å². The SMILES string of the molecule is C=C1C[C@@]23CC[C@H]4[C@@](C)(CCC[C@@]4(C)C(=O)O)[C@@H]2CC[C@]1(O[C@@H]1O[C@H](CO)C[C@H](O[C@@H]2O[C@H](CO)[C@@H](O)[C@H](O)[C@H]2O)[C@H]1O[C@@H]1O[C@H](CO)[C@@H](O)[C@H](O)[C@H]1O)C3. The van der Waals surface area contributed by atoms with Crippen molar-refractivity contribution in [1.29, 1.82) is 0 Å². The van der Waals surface area contributed by atoms with Gasteiger partial charge in [-0.25, -0.2) is 0 Å². The predicted octanol–water partition coefficient (Wildman–Crippen LogP) is -1.34. The van der Waals surface area contributed by atoms with E-state index in [-0.39, 0.29) is 29.1 Å². The third-order valence-electron chi connectivity index (χ3n) is 14.9. The molecule has 314 valence electrons. The Morgan fingerprint density at radius 1 is 0.745 bits per heavy atom. The highest BCUT2D eigenvalue weighted by molar-refractivity contribution is 5.75. The smallest absolute Gasteiger partial charge is 0.309 e. The van der Waals surface area contributed by atoms with Crippen LogP contribution in [-0.4, -0.2) is 168 Å². The molecule has 20 atom stereocenters. The largest absolute Gasteiger partial charge is 0.481 e. The number of aliphatic hydroxyl groups is 9. The molecule has 1 spiro atoms. The fourth-order valence-electron chi connectivity index (χ4n) is 12.1. The van der Waals surface area contributed by atoms with Gasteiger partial charge in [0.1, 0.15) is 54.9 Å². The van der Waals surface area contributed by atoms with Crippen molar-refractivity contribution in [3.63, 3.8) is 0 Å². The molecule has 7 rings (SSSR count). The number of hydrogen-bond donors (Lipinski definition) is 10. The molecule has 0 amide bonds. The van der Waals surface area contributed by atoms with Gasteiger partial charge in [-0.2, -0.15) is 0 Å². The molecule has 0 unspecified atom stereocenters. The van der Waals surface area contributed by atoms with Gasteiger partial charge in [-0.15, -0.1) is 0 Å². The Labute approximate surface area is 319 Å².